The number of anilines is 1. The number of alkyl carbamates (subject to hydrolysis) is 1. The van der Waals surface area contributed by atoms with E-state index in [1.807, 2.05) is 75.4 Å². The zero-order chi connectivity index (χ0) is 20.0. The Bertz CT molecular complexity index is 960. The van der Waals surface area contributed by atoms with Crippen LogP contribution < -0.4 is 10.6 Å². The van der Waals surface area contributed by atoms with E-state index >= 15 is 0 Å². The molecule has 2 aromatic heterocycles. The van der Waals surface area contributed by atoms with Gasteiger partial charge in [-0.15, -0.1) is 15.3 Å². The SMILES string of the molecule is CC(C)(C)OC(=O)NC/C=C/CNc1ccc2nnc(-c3ccccc3)n2n1. The van der Waals surface area contributed by atoms with Crippen LogP contribution in [0.15, 0.2) is 54.6 Å². The van der Waals surface area contributed by atoms with Gasteiger partial charge in [-0.3, -0.25) is 0 Å². The summed E-state index contributed by atoms with van der Waals surface area (Å²) in [5.41, 5.74) is 1.13. The van der Waals surface area contributed by atoms with Crippen LogP contribution in [-0.4, -0.2) is 44.6 Å². The molecule has 1 aromatic carbocycles. The zero-order valence-corrected chi connectivity index (χ0v) is 16.2. The normalized spacial score (nSPS) is 11.7. The molecule has 0 saturated heterocycles. The molecule has 1 amide bonds. The maximum atomic E-state index is 11.6. The number of aromatic nitrogens is 4. The number of rotatable bonds is 6. The monoisotopic (exact) mass is 380 g/mol. The lowest BCUT2D eigenvalue weighted by atomic mass is 10.2. The molecule has 0 unspecified atom stereocenters. The van der Waals surface area contributed by atoms with E-state index < -0.39 is 11.7 Å². The lowest BCUT2D eigenvalue weighted by molar-refractivity contribution is 0.0534. The zero-order valence-electron chi connectivity index (χ0n) is 16.2. The van der Waals surface area contributed by atoms with E-state index in [0.29, 0.717) is 30.4 Å². The molecule has 3 aromatic rings. The number of amides is 1. The predicted molar refractivity (Wildman–Crippen MR) is 108 cm³/mol. The Hall–Kier alpha value is -3.42. The number of benzene rings is 1. The van der Waals surface area contributed by atoms with E-state index in [9.17, 15) is 4.79 Å². The maximum Gasteiger partial charge on any atom is 0.407 e. The summed E-state index contributed by atoms with van der Waals surface area (Å²) in [5.74, 6) is 1.39. The Morgan fingerprint density at radius 2 is 1.82 bits per heavy atom. The van der Waals surface area contributed by atoms with Crippen LogP contribution in [0.3, 0.4) is 0 Å². The second-order valence-corrected chi connectivity index (χ2v) is 7.11. The van der Waals surface area contributed by atoms with Crippen molar-refractivity contribution in [1.29, 1.82) is 0 Å². The van der Waals surface area contributed by atoms with Crippen molar-refractivity contribution in [3.05, 3.63) is 54.6 Å². The summed E-state index contributed by atoms with van der Waals surface area (Å²) < 4.78 is 6.88. The Morgan fingerprint density at radius 1 is 1.07 bits per heavy atom. The van der Waals surface area contributed by atoms with Crippen LogP contribution in [0.2, 0.25) is 0 Å². The Balaban J connectivity index is 1.54. The third kappa shape index (κ3) is 5.29. The summed E-state index contributed by atoms with van der Waals surface area (Å²) in [4.78, 5) is 11.6. The van der Waals surface area contributed by atoms with Crippen LogP contribution in [0.5, 0.6) is 0 Å². The summed E-state index contributed by atoms with van der Waals surface area (Å²) in [6, 6.07) is 13.5. The van der Waals surface area contributed by atoms with E-state index in [1.165, 1.54) is 0 Å². The first-order chi connectivity index (χ1) is 13.4. The molecule has 0 fully saturated rings. The smallest absolute Gasteiger partial charge is 0.407 e. The van der Waals surface area contributed by atoms with Crippen LogP contribution in [-0.2, 0) is 4.74 Å². The minimum Gasteiger partial charge on any atom is -0.444 e. The Kier molecular flexibility index (Phi) is 5.88. The number of hydrogen-bond donors (Lipinski definition) is 2. The topological polar surface area (TPSA) is 93.4 Å². The van der Waals surface area contributed by atoms with Crippen molar-refractivity contribution in [3.63, 3.8) is 0 Å². The molecular formula is C20H24N6O2. The van der Waals surface area contributed by atoms with Crippen LogP contribution >= 0.6 is 0 Å². The van der Waals surface area contributed by atoms with Crippen molar-refractivity contribution >= 4 is 17.6 Å². The average molecular weight is 380 g/mol. The molecule has 0 atom stereocenters. The first-order valence-corrected chi connectivity index (χ1v) is 9.06. The fraction of sp³-hybridized carbons (Fsp3) is 0.300. The van der Waals surface area contributed by atoms with Gasteiger partial charge in [0.25, 0.3) is 0 Å². The third-order valence-electron chi connectivity index (χ3n) is 3.63. The molecule has 2 N–H and O–H groups in total. The number of carbonyl (C=O) groups is 1. The van der Waals surface area contributed by atoms with Gasteiger partial charge in [-0.25, -0.2) is 4.79 Å². The lowest BCUT2D eigenvalue weighted by Gasteiger charge is -2.19. The summed E-state index contributed by atoms with van der Waals surface area (Å²) >= 11 is 0. The van der Waals surface area contributed by atoms with Gasteiger partial charge in [0.05, 0.1) is 0 Å². The number of nitrogens with zero attached hydrogens (tertiary/aromatic N) is 4. The highest BCUT2D eigenvalue weighted by atomic mass is 16.6. The molecule has 28 heavy (non-hydrogen) atoms. The quantitative estimate of drug-likeness (QED) is 0.638. The maximum absolute atomic E-state index is 11.6. The molecule has 0 radical (unpaired) electrons. The molecule has 0 bridgehead atoms. The minimum atomic E-state index is -0.500. The molecule has 0 saturated carbocycles. The van der Waals surface area contributed by atoms with E-state index in [0.717, 1.165) is 5.56 Å². The van der Waals surface area contributed by atoms with Crippen LogP contribution in [0, 0.1) is 0 Å². The minimum absolute atomic E-state index is 0.395. The van der Waals surface area contributed by atoms with Crippen molar-refractivity contribution in [2.45, 2.75) is 26.4 Å². The molecule has 0 aliphatic heterocycles. The predicted octanol–water partition coefficient (Wildman–Crippen LogP) is 3.28. The molecule has 2 heterocycles. The van der Waals surface area contributed by atoms with E-state index in [-0.39, 0.29) is 0 Å². The van der Waals surface area contributed by atoms with Gasteiger partial charge in [0.2, 0.25) is 0 Å². The fourth-order valence-corrected chi connectivity index (χ4v) is 2.44. The van der Waals surface area contributed by atoms with Crippen molar-refractivity contribution in [2.75, 3.05) is 18.4 Å². The Morgan fingerprint density at radius 3 is 2.57 bits per heavy atom. The second kappa shape index (κ2) is 8.51. The fourth-order valence-electron chi connectivity index (χ4n) is 2.44. The van der Waals surface area contributed by atoms with Gasteiger partial charge in [-0.2, -0.15) is 4.52 Å². The summed E-state index contributed by atoms with van der Waals surface area (Å²) in [6.07, 6.45) is 3.33. The molecule has 146 valence electrons. The average Bonchev–Trinajstić information content (AvgIpc) is 3.07. The van der Waals surface area contributed by atoms with Crippen molar-refractivity contribution in [3.8, 4) is 11.4 Å². The molecule has 0 aliphatic rings. The van der Waals surface area contributed by atoms with Gasteiger partial charge in [0, 0.05) is 18.7 Å². The highest BCUT2D eigenvalue weighted by Crippen LogP contribution is 2.17. The first-order valence-electron chi connectivity index (χ1n) is 9.06. The van der Waals surface area contributed by atoms with Gasteiger partial charge in [0.1, 0.15) is 11.4 Å². The molecule has 8 heteroatoms. The van der Waals surface area contributed by atoms with E-state index in [4.69, 9.17) is 4.74 Å². The van der Waals surface area contributed by atoms with Gasteiger partial charge in [-0.1, -0.05) is 42.5 Å². The summed E-state index contributed by atoms with van der Waals surface area (Å²) in [7, 11) is 0. The van der Waals surface area contributed by atoms with Crippen LogP contribution in [0.1, 0.15) is 20.8 Å². The molecule has 8 nitrogen and oxygen atoms in total. The number of hydrogen-bond acceptors (Lipinski definition) is 6. The van der Waals surface area contributed by atoms with Crippen LogP contribution in [0.25, 0.3) is 17.0 Å². The van der Waals surface area contributed by atoms with Crippen LogP contribution in [0.4, 0.5) is 10.6 Å². The van der Waals surface area contributed by atoms with Gasteiger partial charge in [-0.05, 0) is 32.9 Å². The third-order valence-corrected chi connectivity index (χ3v) is 3.63. The van der Waals surface area contributed by atoms with E-state index in [1.54, 1.807) is 4.52 Å². The molecular weight excluding hydrogens is 356 g/mol. The van der Waals surface area contributed by atoms with Crippen molar-refractivity contribution in [1.82, 2.24) is 25.1 Å². The Labute approximate surface area is 163 Å². The highest BCUT2D eigenvalue weighted by molar-refractivity contribution is 5.67. The van der Waals surface area contributed by atoms with E-state index in [2.05, 4.69) is 25.9 Å². The summed E-state index contributed by atoms with van der Waals surface area (Å²) in [5, 5.41) is 18.8. The number of ether oxygens (including phenoxy) is 1. The number of carbonyl (C=O) groups excluding carboxylic acids is 1. The number of nitrogens with one attached hydrogen (secondary N) is 2. The second-order valence-electron chi connectivity index (χ2n) is 7.11. The summed E-state index contributed by atoms with van der Waals surface area (Å²) in [6.45, 7) is 6.45. The van der Waals surface area contributed by atoms with Gasteiger partial charge >= 0.3 is 6.09 Å². The highest BCUT2D eigenvalue weighted by Gasteiger charge is 2.15. The van der Waals surface area contributed by atoms with Crippen molar-refractivity contribution in [2.24, 2.45) is 0 Å². The van der Waals surface area contributed by atoms with Gasteiger partial charge < -0.3 is 15.4 Å². The van der Waals surface area contributed by atoms with Crippen molar-refractivity contribution < 1.29 is 9.53 Å². The standard InChI is InChI=1S/C20H24N6O2/c1-20(2,3)28-19(27)22-14-8-7-13-21-16-11-12-17-23-24-18(26(17)25-16)15-9-5-4-6-10-15/h4-12H,13-14H2,1-3H3,(H,21,25)(H,22,27)/b8-7+. The largest absolute Gasteiger partial charge is 0.444 e. The number of fused-ring (bicyclic) bond motifs is 1. The lowest BCUT2D eigenvalue weighted by Crippen LogP contribution is -2.32. The van der Waals surface area contributed by atoms with Gasteiger partial charge in [0.15, 0.2) is 11.5 Å². The first kappa shape index (κ1) is 19.3. The molecule has 0 spiro atoms. The molecule has 0 aliphatic carbocycles. The molecule has 3 rings (SSSR count).